The smallest absolute Gasteiger partial charge is 0.307 e. The molecule has 0 radical (unpaired) electrons. The summed E-state index contributed by atoms with van der Waals surface area (Å²) in [5.74, 6) is -0.348. The third-order valence-corrected chi connectivity index (χ3v) is 2.38. The van der Waals surface area contributed by atoms with Crippen molar-refractivity contribution in [3.8, 4) is 11.8 Å². The van der Waals surface area contributed by atoms with Crippen LogP contribution in [0, 0.1) is 11.3 Å². The number of ether oxygens (including phenoxy) is 1. The van der Waals surface area contributed by atoms with E-state index in [4.69, 9.17) is 15.1 Å². The Morgan fingerprint density at radius 1 is 1.56 bits per heavy atom. The first-order chi connectivity index (χ1) is 7.62. The van der Waals surface area contributed by atoms with Crippen molar-refractivity contribution in [1.82, 2.24) is 0 Å². The minimum atomic E-state index is -0.934. The first kappa shape index (κ1) is 12.1. The van der Waals surface area contributed by atoms with E-state index < -0.39 is 5.97 Å². The number of carboxylic acids is 1. The van der Waals surface area contributed by atoms with Crippen LogP contribution in [-0.2, 0) is 17.6 Å². The van der Waals surface area contributed by atoms with Crippen molar-refractivity contribution in [2.24, 2.45) is 0 Å². The number of hydrogen-bond acceptors (Lipinski definition) is 3. The number of hydrogen-bond donors (Lipinski definition) is 1. The van der Waals surface area contributed by atoms with Gasteiger partial charge in [0.15, 0.2) is 0 Å². The summed E-state index contributed by atoms with van der Waals surface area (Å²) in [6.45, 7) is 1.92. The number of rotatable bonds is 4. The summed E-state index contributed by atoms with van der Waals surface area (Å²) in [7, 11) is 1.52. The number of carbonyl (C=O) groups is 1. The molecule has 0 aliphatic carbocycles. The Morgan fingerprint density at radius 3 is 2.69 bits per heavy atom. The number of aliphatic carboxylic acids is 1. The fourth-order valence-corrected chi connectivity index (χ4v) is 1.60. The molecule has 0 unspecified atom stereocenters. The van der Waals surface area contributed by atoms with Crippen LogP contribution in [0.3, 0.4) is 0 Å². The van der Waals surface area contributed by atoms with Crippen LogP contribution in [-0.4, -0.2) is 18.2 Å². The van der Waals surface area contributed by atoms with Gasteiger partial charge in [-0.05, 0) is 29.7 Å². The quantitative estimate of drug-likeness (QED) is 0.837. The van der Waals surface area contributed by atoms with Gasteiger partial charge in [0.2, 0.25) is 0 Å². The van der Waals surface area contributed by atoms with Gasteiger partial charge in [-0.1, -0.05) is 6.92 Å². The predicted molar refractivity (Wildman–Crippen MR) is 58.4 cm³/mol. The molecule has 84 valence electrons. The molecule has 0 aliphatic heterocycles. The number of nitrogens with zero attached hydrogens (tertiary/aromatic N) is 1. The largest absolute Gasteiger partial charge is 0.497 e. The lowest BCUT2D eigenvalue weighted by Gasteiger charge is -2.10. The molecule has 0 aliphatic rings. The van der Waals surface area contributed by atoms with Crippen LogP contribution >= 0.6 is 0 Å². The topological polar surface area (TPSA) is 70.3 Å². The normalized spacial score (nSPS) is 9.56. The molecule has 0 heterocycles. The average molecular weight is 219 g/mol. The lowest BCUT2D eigenvalue weighted by molar-refractivity contribution is -0.136. The Balaban J connectivity index is 3.32. The lowest BCUT2D eigenvalue weighted by atomic mass is 9.96. The zero-order valence-electron chi connectivity index (χ0n) is 9.28. The van der Waals surface area contributed by atoms with Crippen LogP contribution in [0.25, 0.3) is 0 Å². The highest BCUT2D eigenvalue weighted by Gasteiger charge is 2.13. The fourth-order valence-electron chi connectivity index (χ4n) is 1.60. The molecule has 0 saturated carbocycles. The van der Waals surface area contributed by atoms with Gasteiger partial charge in [0.25, 0.3) is 0 Å². The van der Waals surface area contributed by atoms with Crippen molar-refractivity contribution in [3.05, 3.63) is 28.8 Å². The summed E-state index contributed by atoms with van der Waals surface area (Å²) in [5.41, 5.74) is 1.80. The van der Waals surface area contributed by atoms with Crippen LogP contribution in [0.4, 0.5) is 0 Å². The molecule has 0 amide bonds. The Kier molecular flexibility index (Phi) is 3.90. The summed E-state index contributed by atoms with van der Waals surface area (Å²) >= 11 is 0. The molecule has 1 aromatic carbocycles. The molecule has 0 fully saturated rings. The first-order valence-corrected chi connectivity index (χ1v) is 4.94. The third-order valence-electron chi connectivity index (χ3n) is 2.38. The zero-order valence-corrected chi connectivity index (χ0v) is 9.28. The van der Waals surface area contributed by atoms with Crippen molar-refractivity contribution in [2.45, 2.75) is 19.8 Å². The molecule has 1 N–H and O–H groups in total. The summed E-state index contributed by atoms with van der Waals surface area (Å²) in [4.78, 5) is 10.7. The van der Waals surface area contributed by atoms with E-state index in [9.17, 15) is 4.79 Å². The Bertz CT molecular complexity index is 446. The molecule has 1 aromatic rings. The van der Waals surface area contributed by atoms with Crippen LogP contribution in [0.5, 0.6) is 5.75 Å². The van der Waals surface area contributed by atoms with Crippen LogP contribution in [0.1, 0.15) is 23.6 Å². The fraction of sp³-hybridized carbons (Fsp3) is 0.333. The summed E-state index contributed by atoms with van der Waals surface area (Å²) in [6.07, 6.45) is 0.546. The molecule has 0 bridgehead atoms. The van der Waals surface area contributed by atoms with E-state index in [0.29, 0.717) is 23.3 Å². The monoisotopic (exact) mass is 219 g/mol. The van der Waals surface area contributed by atoms with E-state index in [2.05, 4.69) is 0 Å². The van der Waals surface area contributed by atoms with E-state index >= 15 is 0 Å². The van der Waals surface area contributed by atoms with Gasteiger partial charge in [0.05, 0.1) is 25.2 Å². The van der Waals surface area contributed by atoms with Gasteiger partial charge in [-0.3, -0.25) is 4.79 Å². The number of aryl methyl sites for hydroxylation is 1. The van der Waals surface area contributed by atoms with E-state index in [1.807, 2.05) is 13.0 Å². The molecular weight excluding hydrogens is 206 g/mol. The summed E-state index contributed by atoms with van der Waals surface area (Å²) in [5, 5.41) is 17.8. The van der Waals surface area contributed by atoms with Crippen LogP contribution < -0.4 is 4.74 Å². The van der Waals surface area contributed by atoms with E-state index in [1.54, 1.807) is 12.1 Å². The van der Waals surface area contributed by atoms with Gasteiger partial charge >= 0.3 is 5.97 Å². The second kappa shape index (κ2) is 5.17. The maximum atomic E-state index is 10.7. The highest BCUT2D eigenvalue weighted by molar-refractivity contribution is 5.72. The maximum Gasteiger partial charge on any atom is 0.307 e. The van der Waals surface area contributed by atoms with Gasteiger partial charge in [-0.15, -0.1) is 0 Å². The van der Waals surface area contributed by atoms with Crippen molar-refractivity contribution >= 4 is 5.97 Å². The number of benzene rings is 1. The molecular formula is C12H13NO3. The molecule has 0 saturated heterocycles. The minimum absolute atomic E-state index is 0.129. The van der Waals surface area contributed by atoms with Gasteiger partial charge in [0, 0.05) is 0 Å². The van der Waals surface area contributed by atoms with Crippen LogP contribution in [0.15, 0.2) is 12.1 Å². The number of nitriles is 1. The van der Waals surface area contributed by atoms with Gasteiger partial charge in [-0.25, -0.2) is 0 Å². The molecule has 4 heteroatoms. The number of carboxylic acid groups (broad SMARTS) is 1. The SMILES string of the molecule is CCc1cc(OC)cc(C#N)c1CC(=O)O. The zero-order chi connectivity index (χ0) is 12.1. The van der Waals surface area contributed by atoms with Crippen molar-refractivity contribution in [1.29, 1.82) is 5.26 Å². The maximum absolute atomic E-state index is 10.7. The van der Waals surface area contributed by atoms with Crippen molar-refractivity contribution < 1.29 is 14.6 Å². The Hall–Kier alpha value is -2.02. The van der Waals surface area contributed by atoms with Gasteiger partial charge in [-0.2, -0.15) is 5.26 Å². The molecule has 0 spiro atoms. The van der Waals surface area contributed by atoms with Crippen molar-refractivity contribution in [2.75, 3.05) is 7.11 Å². The standard InChI is InChI=1S/C12H13NO3/c1-3-8-4-10(16-2)5-9(7-13)11(8)6-12(14)15/h4-5H,3,6H2,1-2H3,(H,14,15). The molecule has 1 rings (SSSR count). The molecule has 16 heavy (non-hydrogen) atoms. The number of methoxy groups -OCH3 is 1. The third kappa shape index (κ3) is 2.51. The predicted octanol–water partition coefficient (Wildman–Crippen LogP) is 1.76. The minimum Gasteiger partial charge on any atom is -0.497 e. The summed E-state index contributed by atoms with van der Waals surface area (Å²) < 4.78 is 5.06. The molecule has 0 atom stereocenters. The highest BCUT2D eigenvalue weighted by atomic mass is 16.5. The molecule has 0 aromatic heterocycles. The highest BCUT2D eigenvalue weighted by Crippen LogP contribution is 2.23. The van der Waals surface area contributed by atoms with E-state index in [1.165, 1.54) is 7.11 Å². The second-order valence-corrected chi connectivity index (χ2v) is 3.35. The van der Waals surface area contributed by atoms with Gasteiger partial charge in [0.1, 0.15) is 5.75 Å². The van der Waals surface area contributed by atoms with E-state index in [0.717, 1.165) is 5.56 Å². The average Bonchev–Trinajstić information content (AvgIpc) is 2.28. The summed E-state index contributed by atoms with van der Waals surface area (Å²) in [6, 6.07) is 5.35. The molecule has 4 nitrogen and oxygen atoms in total. The Morgan fingerprint density at radius 2 is 2.25 bits per heavy atom. The first-order valence-electron chi connectivity index (χ1n) is 4.94. The van der Waals surface area contributed by atoms with Crippen molar-refractivity contribution in [3.63, 3.8) is 0 Å². The van der Waals surface area contributed by atoms with Gasteiger partial charge < -0.3 is 9.84 Å². The Labute approximate surface area is 94.1 Å². The second-order valence-electron chi connectivity index (χ2n) is 3.35. The van der Waals surface area contributed by atoms with E-state index in [-0.39, 0.29) is 6.42 Å². The van der Waals surface area contributed by atoms with Crippen LogP contribution in [0.2, 0.25) is 0 Å². The lowest BCUT2D eigenvalue weighted by Crippen LogP contribution is -2.06.